The molecule has 0 atom stereocenters. The molecule has 0 saturated heterocycles. The van der Waals surface area contributed by atoms with Gasteiger partial charge in [-0.1, -0.05) is 18.2 Å². The fourth-order valence-electron chi connectivity index (χ4n) is 0.907. The van der Waals surface area contributed by atoms with E-state index in [2.05, 4.69) is 9.78 Å². The van der Waals surface area contributed by atoms with Crippen molar-refractivity contribution in [3.05, 3.63) is 35.8 Å². The van der Waals surface area contributed by atoms with Gasteiger partial charge in [-0.15, -0.1) is 0 Å². The zero-order valence-corrected chi connectivity index (χ0v) is 5.58. The monoisotopic (exact) mass is 152 g/mol. The quantitative estimate of drug-likeness (QED) is 0.531. The van der Waals surface area contributed by atoms with Gasteiger partial charge in [-0.05, 0) is 6.07 Å². The molecule has 0 spiro atoms. The SMILES string of the molecule is FC1=Cc2ccccc2OO1. The number of halogens is 1. The second-order valence-electron chi connectivity index (χ2n) is 2.15. The summed E-state index contributed by atoms with van der Waals surface area (Å²) in [5, 5.41) is 0. The first-order valence-corrected chi connectivity index (χ1v) is 3.17. The summed E-state index contributed by atoms with van der Waals surface area (Å²) in [7, 11) is 0. The van der Waals surface area contributed by atoms with Crippen molar-refractivity contribution in [2.24, 2.45) is 0 Å². The minimum absolute atomic E-state index is 0.536. The summed E-state index contributed by atoms with van der Waals surface area (Å²) >= 11 is 0. The largest absolute Gasteiger partial charge is 0.325 e. The second kappa shape index (κ2) is 2.27. The topological polar surface area (TPSA) is 18.5 Å². The highest BCUT2D eigenvalue weighted by Crippen LogP contribution is 2.26. The Balaban J connectivity index is 2.51. The minimum Gasteiger partial charge on any atom is -0.287 e. The lowest BCUT2D eigenvalue weighted by atomic mass is 10.2. The molecular formula is C8H5FO2. The van der Waals surface area contributed by atoms with E-state index in [1.807, 2.05) is 0 Å². The minimum atomic E-state index is -0.719. The van der Waals surface area contributed by atoms with Gasteiger partial charge in [0.25, 0.3) is 0 Å². The summed E-state index contributed by atoms with van der Waals surface area (Å²) < 4.78 is 12.4. The molecule has 0 unspecified atom stereocenters. The molecule has 0 radical (unpaired) electrons. The Kier molecular flexibility index (Phi) is 1.28. The predicted molar refractivity (Wildman–Crippen MR) is 37.2 cm³/mol. The van der Waals surface area contributed by atoms with Crippen molar-refractivity contribution in [3.8, 4) is 5.75 Å². The summed E-state index contributed by atoms with van der Waals surface area (Å²) in [5.74, 6) is 0.536. The molecule has 1 aromatic rings. The van der Waals surface area contributed by atoms with Crippen LogP contribution < -0.4 is 4.89 Å². The van der Waals surface area contributed by atoms with E-state index in [1.165, 1.54) is 6.08 Å². The van der Waals surface area contributed by atoms with Crippen molar-refractivity contribution < 1.29 is 14.2 Å². The van der Waals surface area contributed by atoms with Crippen LogP contribution in [-0.2, 0) is 4.89 Å². The summed E-state index contributed by atoms with van der Waals surface area (Å²) in [6.45, 7) is 0. The average molecular weight is 152 g/mol. The predicted octanol–water partition coefficient (Wildman–Crippen LogP) is 2.28. The third-order valence-corrected chi connectivity index (χ3v) is 1.40. The van der Waals surface area contributed by atoms with Crippen LogP contribution in [0.3, 0.4) is 0 Å². The number of fused-ring (bicyclic) bond motifs is 1. The molecule has 2 nitrogen and oxygen atoms in total. The molecule has 3 heteroatoms. The van der Waals surface area contributed by atoms with Gasteiger partial charge < -0.3 is 0 Å². The zero-order valence-electron chi connectivity index (χ0n) is 5.58. The molecule has 1 aliphatic heterocycles. The lowest BCUT2D eigenvalue weighted by Crippen LogP contribution is -2.00. The fraction of sp³-hybridized carbons (Fsp3) is 0. The Bertz CT molecular complexity index is 307. The Labute approximate surface area is 62.8 Å². The van der Waals surface area contributed by atoms with Gasteiger partial charge in [0.1, 0.15) is 0 Å². The number of benzene rings is 1. The fourth-order valence-corrected chi connectivity index (χ4v) is 0.907. The molecule has 56 valence electrons. The first-order chi connectivity index (χ1) is 5.36. The van der Waals surface area contributed by atoms with Gasteiger partial charge in [-0.3, -0.25) is 9.78 Å². The molecule has 0 saturated carbocycles. The van der Waals surface area contributed by atoms with Crippen LogP contribution >= 0.6 is 0 Å². The summed E-state index contributed by atoms with van der Waals surface area (Å²) in [4.78, 5) is 8.79. The normalized spacial score (nSPS) is 14.1. The van der Waals surface area contributed by atoms with E-state index >= 15 is 0 Å². The molecule has 0 bridgehead atoms. The standard InChI is InChI=1S/C8H5FO2/c9-8-5-6-3-1-2-4-7(6)10-11-8/h1-5H. The van der Waals surface area contributed by atoms with Gasteiger partial charge in [0.2, 0.25) is 0 Å². The van der Waals surface area contributed by atoms with Crippen LogP contribution in [0, 0.1) is 0 Å². The van der Waals surface area contributed by atoms with E-state index in [9.17, 15) is 4.39 Å². The lowest BCUT2D eigenvalue weighted by molar-refractivity contribution is -0.189. The van der Waals surface area contributed by atoms with Gasteiger partial charge in [0.05, 0.1) is 0 Å². The Morgan fingerprint density at radius 3 is 2.82 bits per heavy atom. The van der Waals surface area contributed by atoms with E-state index in [0.29, 0.717) is 11.3 Å². The van der Waals surface area contributed by atoms with Gasteiger partial charge in [0.15, 0.2) is 5.75 Å². The molecule has 1 aliphatic rings. The van der Waals surface area contributed by atoms with E-state index in [-0.39, 0.29) is 0 Å². The van der Waals surface area contributed by atoms with Crippen LogP contribution in [0.4, 0.5) is 4.39 Å². The van der Waals surface area contributed by atoms with Crippen molar-refractivity contribution in [1.29, 1.82) is 0 Å². The van der Waals surface area contributed by atoms with Gasteiger partial charge >= 0.3 is 6.01 Å². The van der Waals surface area contributed by atoms with Crippen molar-refractivity contribution in [2.75, 3.05) is 0 Å². The van der Waals surface area contributed by atoms with Crippen LogP contribution in [0.25, 0.3) is 6.08 Å². The lowest BCUT2D eigenvalue weighted by Gasteiger charge is -2.10. The summed E-state index contributed by atoms with van der Waals surface area (Å²) in [6.07, 6.45) is 1.28. The highest BCUT2D eigenvalue weighted by Gasteiger charge is 2.11. The molecule has 0 aromatic heterocycles. The van der Waals surface area contributed by atoms with Crippen LogP contribution in [0.15, 0.2) is 30.3 Å². The maximum absolute atomic E-state index is 12.4. The van der Waals surface area contributed by atoms with Crippen molar-refractivity contribution in [3.63, 3.8) is 0 Å². The van der Waals surface area contributed by atoms with Crippen LogP contribution in [0.2, 0.25) is 0 Å². The summed E-state index contributed by atoms with van der Waals surface area (Å²) in [6, 6.07) is 6.33. The molecule has 0 aliphatic carbocycles. The van der Waals surface area contributed by atoms with Gasteiger partial charge in [-0.25, -0.2) is 0 Å². The number of hydrogen-bond donors (Lipinski definition) is 0. The smallest absolute Gasteiger partial charge is 0.287 e. The van der Waals surface area contributed by atoms with Crippen molar-refractivity contribution in [2.45, 2.75) is 0 Å². The van der Waals surface area contributed by atoms with Crippen LogP contribution in [0.5, 0.6) is 5.75 Å². The average Bonchev–Trinajstić information content (AvgIpc) is 2.04. The van der Waals surface area contributed by atoms with E-state index < -0.39 is 6.01 Å². The number of rotatable bonds is 0. The molecule has 0 N–H and O–H groups in total. The first kappa shape index (κ1) is 6.22. The van der Waals surface area contributed by atoms with Crippen LogP contribution in [-0.4, -0.2) is 0 Å². The van der Waals surface area contributed by atoms with E-state index in [4.69, 9.17) is 0 Å². The van der Waals surface area contributed by atoms with Gasteiger partial charge in [0, 0.05) is 11.6 Å². The molecular weight excluding hydrogens is 147 g/mol. The molecule has 0 amide bonds. The Hall–Kier alpha value is -1.51. The van der Waals surface area contributed by atoms with E-state index in [0.717, 1.165) is 0 Å². The summed E-state index contributed by atoms with van der Waals surface area (Å²) in [5.41, 5.74) is 0.691. The van der Waals surface area contributed by atoms with Crippen molar-refractivity contribution in [1.82, 2.24) is 0 Å². The maximum atomic E-state index is 12.4. The Morgan fingerprint density at radius 1 is 1.09 bits per heavy atom. The zero-order chi connectivity index (χ0) is 7.68. The van der Waals surface area contributed by atoms with E-state index in [1.54, 1.807) is 24.3 Å². The third kappa shape index (κ3) is 1.05. The molecule has 1 heterocycles. The Morgan fingerprint density at radius 2 is 1.91 bits per heavy atom. The third-order valence-electron chi connectivity index (χ3n) is 1.40. The molecule has 2 rings (SSSR count). The highest BCUT2D eigenvalue weighted by molar-refractivity contribution is 5.58. The number of hydrogen-bond acceptors (Lipinski definition) is 2. The molecule has 1 aromatic carbocycles. The van der Waals surface area contributed by atoms with Crippen molar-refractivity contribution >= 4 is 6.08 Å². The molecule has 11 heavy (non-hydrogen) atoms. The highest BCUT2D eigenvalue weighted by atomic mass is 19.1. The number of para-hydroxylation sites is 1. The maximum Gasteiger partial charge on any atom is 0.325 e. The van der Waals surface area contributed by atoms with Gasteiger partial charge in [-0.2, -0.15) is 4.39 Å². The first-order valence-electron chi connectivity index (χ1n) is 3.17. The molecule has 0 fully saturated rings. The van der Waals surface area contributed by atoms with Crippen LogP contribution in [0.1, 0.15) is 5.56 Å². The second-order valence-corrected chi connectivity index (χ2v) is 2.15.